The minimum Gasteiger partial charge on any atom is -0.497 e. The molecular formula is C26H29N3O3. The second kappa shape index (κ2) is 10.2. The van der Waals surface area contributed by atoms with Gasteiger partial charge < -0.3 is 19.7 Å². The van der Waals surface area contributed by atoms with Gasteiger partial charge in [-0.15, -0.1) is 0 Å². The lowest BCUT2D eigenvalue weighted by atomic mass is 10.0. The Kier molecular flexibility index (Phi) is 6.92. The van der Waals surface area contributed by atoms with Crippen LogP contribution in [0.5, 0.6) is 11.5 Å². The van der Waals surface area contributed by atoms with Gasteiger partial charge in [-0.05, 0) is 42.0 Å². The Morgan fingerprint density at radius 1 is 0.812 bits per heavy atom. The second-order valence-electron chi connectivity index (χ2n) is 7.76. The molecule has 6 nitrogen and oxygen atoms in total. The van der Waals surface area contributed by atoms with Crippen molar-refractivity contribution in [2.75, 3.05) is 50.6 Å². The van der Waals surface area contributed by atoms with Gasteiger partial charge in [0, 0.05) is 43.6 Å². The van der Waals surface area contributed by atoms with Crippen LogP contribution in [0.4, 0.5) is 11.4 Å². The van der Waals surface area contributed by atoms with Crippen molar-refractivity contribution < 1.29 is 14.3 Å². The van der Waals surface area contributed by atoms with Crippen LogP contribution in [0.3, 0.4) is 0 Å². The topological polar surface area (TPSA) is 54.0 Å². The lowest BCUT2D eigenvalue weighted by molar-refractivity contribution is -0.121. The molecule has 6 heteroatoms. The molecule has 1 atom stereocenters. The largest absolute Gasteiger partial charge is 0.497 e. The third-order valence-corrected chi connectivity index (χ3v) is 5.82. The van der Waals surface area contributed by atoms with E-state index in [1.54, 1.807) is 14.2 Å². The number of nitrogens with one attached hydrogen (secondary N) is 1. The van der Waals surface area contributed by atoms with Crippen molar-refractivity contribution in [1.82, 2.24) is 4.90 Å². The Hall–Kier alpha value is -3.51. The fourth-order valence-corrected chi connectivity index (χ4v) is 4.09. The molecule has 0 aliphatic carbocycles. The van der Waals surface area contributed by atoms with E-state index in [9.17, 15) is 4.79 Å². The highest BCUT2D eigenvalue weighted by Gasteiger charge is 2.30. The summed E-state index contributed by atoms with van der Waals surface area (Å²) in [6, 6.07) is 25.2. The summed E-state index contributed by atoms with van der Waals surface area (Å²) < 4.78 is 10.6. The zero-order chi connectivity index (χ0) is 22.3. The molecule has 3 aromatic carbocycles. The van der Waals surface area contributed by atoms with E-state index in [0.717, 1.165) is 54.6 Å². The van der Waals surface area contributed by atoms with Crippen LogP contribution in [-0.4, -0.2) is 51.2 Å². The van der Waals surface area contributed by atoms with E-state index < -0.39 is 0 Å². The summed E-state index contributed by atoms with van der Waals surface area (Å²) in [6.45, 7) is 3.25. The van der Waals surface area contributed by atoms with Crippen LogP contribution >= 0.6 is 0 Å². The predicted molar refractivity (Wildman–Crippen MR) is 128 cm³/mol. The first kappa shape index (κ1) is 21.7. The number of carbonyl (C=O) groups is 1. The summed E-state index contributed by atoms with van der Waals surface area (Å²) in [4.78, 5) is 18.0. The average molecular weight is 432 g/mol. The number of piperazine rings is 1. The number of hydrogen-bond acceptors (Lipinski definition) is 5. The number of nitrogens with zero attached hydrogens (tertiary/aromatic N) is 2. The Labute approximate surface area is 189 Å². The van der Waals surface area contributed by atoms with Crippen molar-refractivity contribution in [3.8, 4) is 11.5 Å². The second-order valence-corrected chi connectivity index (χ2v) is 7.76. The highest BCUT2D eigenvalue weighted by Crippen LogP contribution is 2.27. The molecule has 0 radical (unpaired) electrons. The maximum atomic E-state index is 13.4. The Morgan fingerprint density at radius 2 is 1.50 bits per heavy atom. The van der Waals surface area contributed by atoms with Crippen LogP contribution in [0.1, 0.15) is 11.6 Å². The molecule has 3 aromatic rings. The van der Waals surface area contributed by atoms with Crippen LogP contribution in [0.15, 0.2) is 78.9 Å². The number of ether oxygens (including phenoxy) is 2. The summed E-state index contributed by atoms with van der Waals surface area (Å²) in [5, 5.41) is 3.08. The van der Waals surface area contributed by atoms with Gasteiger partial charge in [-0.25, -0.2) is 0 Å². The summed E-state index contributed by atoms with van der Waals surface area (Å²) in [6.07, 6.45) is 0. The Morgan fingerprint density at radius 3 is 2.16 bits per heavy atom. The van der Waals surface area contributed by atoms with E-state index in [1.807, 2.05) is 66.7 Å². The Balaban J connectivity index is 1.49. The maximum absolute atomic E-state index is 13.4. The molecule has 1 N–H and O–H groups in total. The summed E-state index contributed by atoms with van der Waals surface area (Å²) in [5.74, 6) is 1.58. The zero-order valence-corrected chi connectivity index (χ0v) is 18.5. The fraction of sp³-hybridized carbons (Fsp3) is 0.269. The standard InChI is InChI=1S/C26H29N3O3/c1-31-23-13-11-21(12-14-23)27-26(30)25(20-7-4-3-5-8-20)29-17-15-28(16-18-29)22-9-6-10-24(19-22)32-2/h3-14,19,25H,15-18H2,1-2H3,(H,27,30). The number of carbonyl (C=O) groups excluding carboxylic acids is 1. The van der Waals surface area contributed by atoms with E-state index >= 15 is 0 Å². The van der Waals surface area contributed by atoms with E-state index in [0.29, 0.717) is 0 Å². The van der Waals surface area contributed by atoms with Gasteiger partial charge in [0.1, 0.15) is 17.5 Å². The van der Waals surface area contributed by atoms with Crippen molar-refractivity contribution in [2.24, 2.45) is 0 Å². The van der Waals surface area contributed by atoms with Crippen molar-refractivity contribution in [3.05, 3.63) is 84.4 Å². The molecule has 1 saturated heterocycles. The SMILES string of the molecule is COc1ccc(NC(=O)C(c2ccccc2)N2CCN(c3cccc(OC)c3)CC2)cc1. The maximum Gasteiger partial charge on any atom is 0.246 e. The monoisotopic (exact) mass is 431 g/mol. The first-order valence-corrected chi connectivity index (χ1v) is 10.8. The molecule has 1 heterocycles. The van der Waals surface area contributed by atoms with Gasteiger partial charge >= 0.3 is 0 Å². The summed E-state index contributed by atoms with van der Waals surface area (Å²) >= 11 is 0. The quantitative estimate of drug-likeness (QED) is 0.608. The Bertz CT molecular complexity index is 1020. The molecule has 0 saturated carbocycles. The molecule has 1 unspecified atom stereocenters. The predicted octanol–water partition coefficient (Wildman–Crippen LogP) is 4.21. The van der Waals surface area contributed by atoms with Crippen LogP contribution in [0.25, 0.3) is 0 Å². The molecule has 1 amide bonds. The highest BCUT2D eigenvalue weighted by molar-refractivity contribution is 5.95. The number of anilines is 2. The van der Waals surface area contributed by atoms with E-state index in [2.05, 4.69) is 27.2 Å². The summed E-state index contributed by atoms with van der Waals surface area (Å²) in [7, 11) is 3.31. The summed E-state index contributed by atoms with van der Waals surface area (Å²) in [5.41, 5.74) is 2.89. The minimum atomic E-state index is -0.356. The van der Waals surface area contributed by atoms with Crippen LogP contribution in [-0.2, 0) is 4.79 Å². The molecule has 166 valence electrons. The zero-order valence-electron chi connectivity index (χ0n) is 18.5. The van der Waals surface area contributed by atoms with Crippen LogP contribution in [0.2, 0.25) is 0 Å². The molecular weight excluding hydrogens is 402 g/mol. The van der Waals surface area contributed by atoms with Crippen LogP contribution < -0.4 is 19.7 Å². The van der Waals surface area contributed by atoms with Gasteiger partial charge in [0.25, 0.3) is 0 Å². The molecule has 4 rings (SSSR count). The first-order valence-electron chi connectivity index (χ1n) is 10.8. The fourth-order valence-electron chi connectivity index (χ4n) is 4.09. The smallest absolute Gasteiger partial charge is 0.246 e. The van der Waals surface area contributed by atoms with Gasteiger partial charge in [0.05, 0.1) is 14.2 Å². The average Bonchev–Trinajstić information content (AvgIpc) is 2.86. The number of rotatable bonds is 7. The molecule has 0 spiro atoms. The number of amides is 1. The third-order valence-electron chi connectivity index (χ3n) is 5.82. The third kappa shape index (κ3) is 5.03. The molecule has 32 heavy (non-hydrogen) atoms. The van der Waals surface area contributed by atoms with Gasteiger partial charge in [0.15, 0.2) is 0 Å². The molecule has 1 aliphatic rings. The number of hydrogen-bond donors (Lipinski definition) is 1. The normalized spacial score (nSPS) is 15.1. The molecule has 1 aliphatic heterocycles. The minimum absolute atomic E-state index is 0.0313. The van der Waals surface area contributed by atoms with E-state index in [1.165, 1.54) is 0 Å². The van der Waals surface area contributed by atoms with Crippen molar-refractivity contribution in [3.63, 3.8) is 0 Å². The van der Waals surface area contributed by atoms with Crippen LogP contribution in [0, 0.1) is 0 Å². The highest BCUT2D eigenvalue weighted by atomic mass is 16.5. The number of benzene rings is 3. The van der Waals surface area contributed by atoms with E-state index in [4.69, 9.17) is 9.47 Å². The van der Waals surface area contributed by atoms with Crippen molar-refractivity contribution >= 4 is 17.3 Å². The number of methoxy groups -OCH3 is 2. The molecule has 1 fully saturated rings. The van der Waals surface area contributed by atoms with Crippen molar-refractivity contribution in [2.45, 2.75) is 6.04 Å². The molecule has 0 bridgehead atoms. The van der Waals surface area contributed by atoms with Gasteiger partial charge in [-0.2, -0.15) is 0 Å². The lowest BCUT2D eigenvalue weighted by Crippen LogP contribution is -2.50. The van der Waals surface area contributed by atoms with Gasteiger partial charge in [-0.1, -0.05) is 36.4 Å². The van der Waals surface area contributed by atoms with Crippen molar-refractivity contribution in [1.29, 1.82) is 0 Å². The van der Waals surface area contributed by atoms with Gasteiger partial charge in [-0.3, -0.25) is 9.69 Å². The lowest BCUT2D eigenvalue weighted by Gasteiger charge is -2.39. The molecule has 0 aromatic heterocycles. The van der Waals surface area contributed by atoms with Gasteiger partial charge in [0.2, 0.25) is 5.91 Å². The first-order chi connectivity index (χ1) is 15.7. The van der Waals surface area contributed by atoms with E-state index in [-0.39, 0.29) is 11.9 Å².